The van der Waals surface area contributed by atoms with Crippen LogP contribution in [0.4, 0.5) is 4.79 Å². The molecule has 0 fully saturated rings. The molecule has 0 radical (unpaired) electrons. The third kappa shape index (κ3) is 1.94. The van der Waals surface area contributed by atoms with Crippen molar-refractivity contribution >= 4 is 6.09 Å². The van der Waals surface area contributed by atoms with E-state index in [1.807, 2.05) is 27.0 Å². The topological polar surface area (TPSA) is 40.5 Å². The zero-order valence-corrected chi connectivity index (χ0v) is 11.1. The van der Waals surface area contributed by atoms with E-state index in [1.165, 1.54) is 0 Å². The summed E-state index contributed by atoms with van der Waals surface area (Å²) in [6.45, 7) is 12.6. The standard InChI is InChI=1S/C12H22N2O2/c1-11(2,3)13-7-8-14(9-13,10(15)16)12(4,5)6/h7-8H,9H2,1-6H3/p+1. The van der Waals surface area contributed by atoms with Crippen molar-refractivity contribution in [1.82, 2.24) is 4.90 Å². The highest BCUT2D eigenvalue weighted by atomic mass is 16.4. The molecule has 4 heteroatoms. The molecule has 1 atom stereocenters. The number of hydrogen-bond donors (Lipinski definition) is 1. The van der Waals surface area contributed by atoms with E-state index < -0.39 is 6.09 Å². The Morgan fingerprint density at radius 3 is 1.94 bits per heavy atom. The first-order valence-electron chi connectivity index (χ1n) is 5.58. The molecule has 0 aliphatic carbocycles. The highest BCUT2D eigenvalue weighted by Crippen LogP contribution is 2.33. The van der Waals surface area contributed by atoms with Gasteiger partial charge in [-0.3, -0.25) is 0 Å². The van der Waals surface area contributed by atoms with Gasteiger partial charge in [-0.1, -0.05) is 0 Å². The van der Waals surface area contributed by atoms with Crippen LogP contribution in [0.3, 0.4) is 0 Å². The average Bonchev–Trinajstić information content (AvgIpc) is 2.45. The highest BCUT2D eigenvalue weighted by Gasteiger charge is 2.51. The molecule has 0 aromatic carbocycles. The Labute approximate surface area is 97.7 Å². The highest BCUT2D eigenvalue weighted by molar-refractivity contribution is 5.58. The lowest BCUT2D eigenvalue weighted by molar-refractivity contribution is -0.858. The molecule has 0 aromatic heterocycles. The van der Waals surface area contributed by atoms with E-state index in [2.05, 4.69) is 25.7 Å². The quantitative estimate of drug-likeness (QED) is 0.647. The molecule has 1 N–H and O–H groups in total. The number of quaternary nitrogens is 1. The van der Waals surface area contributed by atoms with E-state index in [-0.39, 0.29) is 15.6 Å². The molecular weight excluding hydrogens is 204 g/mol. The Morgan fingerprint density at radius 1 is 1.25 bits per heavy atom. The third-order valence-corrected chi connectivity index (χ3v) is 3.28. The molecule has 0 saturated heterocycles. The molecule has 4 nitrogen and oxygen atoms in total. The van der Waals surface area contributed by atoms with E-state index in [4.69, 9.17) is 0 Å². The maximum atomic E-state index is 11.5. The largest absolute Gasteiger partial charge is 0.520 e. The molecule has 1 rings (SSSR count). The second-order valence-electron chi connectivity index (χ2n) is 6.40. The smallest absolute Gasteiger partial charge is 0.435 e. The summed E-state index contributed by atoms with van der Waals surface area (Å²) in [5, 5.41) is 9.48. The molecule has 0 bridgehead atoms. The summed E-state index contributed by atoms with van der Waals surface area (Å²) in [5.74, 6) is 0. The molecule has 92 valence electrons. The lowest BCUT2D eigenvalue weighted by Gasteiger charge is -2.41. The first-order valence-corrected chi connectivity index (χ1v) is 5.58. The van der Waals surface area contributed by atoms with Crippen molar-refractivity contribution in [3.05, 3.63) is 12.4 Å². The van der Waals surface area contributed by atoms with Crippen LogP contribution in [0.5, 0.6) is 0 Å². The molecule has 1 unspecified atom stereocenters. The maximum absolute atomic E-state index is 11.5. The summed E-state index contributed by atoms with van der Waals surface area (Å²) in [4.78, 5) is 13.6. The molecule has 16 heavy (non-hydrogen) atoms. The van der Waals surface area contributed by atoms with E-state index >= 15 is 0 Å². The van der Waals surface area contributed by atoms with Crippen LogP contribution in [0, 0.1) is 0 Å². The minimum absolute atomic E-state index is 0.0374. The van der Waals surface area contributed by atoms with Gasteiger partial charge in [0.2, 0.25) is 0 Å². The predicted octanol–water partition coefficient (Wildman–Crippen LogP) is 2.82. The van der Waals surface area contributed by atoms with Gasteiger partial charge in [0, 0.05) is 5.54 Å². The monoisotopic (exact) mass is 227 g/mol. The van der Waals surface area contributed by atoms with Crippen LogP contribution in [0.25, 0.3) is 0 Å². The average molecular weight is 227 g/mol. The Kier molecular flexibility index (Phi) is 2.84. The number of hydrogen-bond acceptors (Lipinski definition) is 2. The van der Waals surface area contributed by atoms with Crippen LogP contribution < -0.4 is 0 Å². The van der Waals surface area contributed by atoms with Crippen molar-refractivity contribution < 1.29 is 14.4 Å². The summed E-state index contributed by atoms with van der Waals surface area (Å²) in [6, 6.07) is 0. The van der Waals surface area contributed by atoms with Gasteiger partial charge in [0.1, 0.15) is 11.7 Å². The van der Waals surface area contributed by atoms with Crippen molar-refractivity contribution in [2.24, 2.45) is 0 Å². The summed E-state index contributed by atoms with van der Waals surface area (Å²) < 4.78 is -0.0374. The van der Waals surface area contributed by atoms with Crippen molar-refractivity contribution in [2.45, 2.75) is 52.6 Å². The van der Waals surface area contributed by atoms with Gasteiger partial charge in [0.05, 0.1) is 6.20 Å². The molecule has 0 aromatic rings. The van der Waals surface area contributed by atoms with Gasteiger partial charge in [-0.05, 0) is 41.5 Å². The normalized spacial score (nSPS) is 26.2. The van der Waals surface area contributed by atoms with Crippen LogP contribution in [0.2, 0.25) is 0 Å². The van der Waals surface area contributed by atoms with Gasteiger partial charge in [-0.2, -0.15) is 9.28 Å². The van der Waals surface area contributed by atoms with E-state index in [9.17, 15) is 9.90 Å². The zero-order valence-electron chi connectivity index (χ0n) is 11.1. The lowest BCUT2D eigenvalue weighted by Crippen LogP contribution is -2.61. The second kappa shape index (κ2) is 3.48. The Balaban J connectivity index is 3.06. The van der Waals surface area contributed by atoms with Gasteiger partial charge in [0.15, 0.2) is 6.67 Å². The summed E-state index contributed by atoms with van der Waals surface area (Å²) in [5.41, 5.74) is -0.389. The SMILES string of the molecule is CC(C)(C)N1C=C[N+](C(=O)O)(C(C)(C)C)C1. The number of nitrogens with zero attached hydrogens (tertiary/aromatic N) is 2. The van der Waals surface area contributed by atoms with Crippen molar-refractivity contribution in [3.63, 3.8) is 0 Å². The summed E-state index contributed by atoms with van der Waals surface area (Å²) in [7, 11) is 0. The van der Waals surface area contributed by atoms with Gasteiger partial charge in [-0.25, -0.2) is 0 Å². The van der Waals surface area contributed by atoms with Gasteiger partial charge < -0.3 is 10.0 Å². The van der Waals surface area contributed by atoms with Gasteiger partial charge in [0.25, 0.3) is 0 Å². The number of amides is 1. The molecule has 1 aliphatic heterocycles. The van der Waals surface area contributed by atoms with Crippen LogP contribution >= 0.6 is 0 Å². The molecule has 1 heterocycles. The molecule has 1 amide bonds. The number of carbonyl (C=O) groups is 1. The van der Waals surface area contributed by atoms with Crippen LogP contribution in [0.1, 0.15) is 41.5 Å². The minimum Gasteiger partial charge on any atom is -0.435 e. The molecular formula is C12H23N2O2+. The molecule has 1 aliphatic rings. The van der Waals surface area contributed by atoms with E-state index in [0.717, 1.165) is 0 Å². The van der Waals surface area contributed by atoms with E-state index in [1.54, 1.807) is 6.20 Å². The fourth-order valence-corrected chi connectivity index (χ4v) is 1.81. The Bertz CT molecular complexity index is 323. The Hall–Kier alpha value is -1.03. The van der Waals surface area contributed by atoms with E-state index in [0.29, 0.717) is 6.67 Å². The zero-order chi connectivity index (χ0) is 12.8. The fourth-order valence-electron chi connectivity index (χ4n) is 1.81. The first-order chi connectivity index (χ1) is 7.01. The third-order valence-electron chi connectivity index (χ3n) is 3.28. The van der Waals surface area contributed by atoms with Gasteiger partial charge >= 0.3 is 6.09 Å². The lowest BCUT2D eigenvalue weighted by atomic mass is 10.0. The van der Waals surface area contributed by atoms with Crippen molar-refractivity contribution in [2.75, 3.05) is 6.67 Å². The van der Waals surface area contributed by atoms with Crippen LogP contribution in [-0.4, -0.2) is 38.3 Å². The first kappa shape index (κ1) is 13.0. The molecule has 0 spiro atoms. The summed E-state index contributed by atoms with van der Waals surface area (Å²) in [6.07, 6.45) is 2.89. The summed E-state index contributed by atoms with van der Waals surface area (Å²) >= 11 is 0. The van der Waals surface area contributed by atoms with Crippen LogP contribution in [-0.2, 0) is 0 Å². The maximum Gasteiger partial charge on any atom is 0.520 e. The van der Waals surface area contributed by atoms with Gasteiger partial charge in [-0.15, -0.1) is 0 Å². The Morgan fingerprint density at radius 2 is 1.75 bits per heavy atom. The minimum atomic E-state index is -0.796. The predicted molar refractivity (Wildman–Crippen MR) is 63.6 cm³/mol. The number of carboxylic acid groups (broad SMARTS) is 1. The second-order valence-corrected chi connectivity index (χ2v) is 6.40. The fraction of sp³-hybridized carbons (Fsp3) is 0.750. The number of rotatable bonds is 0. The van der Waals surface area contributed by atoms with Crippen LogP contribution in [0.15, 0.2) is 12.4 Å². The molecule has 0 saturated carbocycles. The van der Waals surface area contributed by atoms with Crippen molar-refractivity contribution in [3.8, 4) is 0 Å². The van der Waals surface area contributed by atoms with Crippen molar-refractivity contribution in [1.29, 1.82) is 0 Å².